The summed E-state index contributed by atoms with van der Waals surface area (Å²) in [5.74, 6) is 0.425. The fraction of sp³-hybridized carbons (Fsp3) is 0.188. The maximum atomic E-state index is 12.8. The topological polar surface area (TPSA) is 68.5 Å². The highest BCUT2D eigenvalue weighted by Crippen LogP contribution is 2.29. The Labute approximate surface area is 140 Å². The number of pyridine rings is 1. The number of benzene rings is 1. The first-order chi connectivity index (χ1) is 11.9. The maximum Gasteiger partial charge on any atom is 0.417 e. The fourth-order valence-corrected chi connectivity index (χ4v) is 2.23. The van der Waals surface area contributed by atoms with Gasteiger partial charge in [-0.15, -0.1) is 10.2 Å². The number of hydrogen-bond acceptors (Lipinski definition) is 4. The van der Waals surface area contributed by atoms with Crippen LogP contribution in [-0.2, 0) is 12.7 Å². The lowest BCUT2D eigenvalue weighted by Gasteiger charge is -2.08. The number of carbonyl (C=O) groups is 1. The maximum absolute atomic E-state index is 12.8. The second-order valence-corrected chi connectivity index (χ2v) is 5.17. The Morgan fingerprint density at radius 1 is 1.16 bits per heavy atom. The lowest BCUT2D eigenvalue weighted by Crippen LogP contribution is -2.24. The van der Waals surface area contributed by atoms with E-state index in [0.717, 1.165) is 12.3 Å². The fourth-order valence-electron chi connectivity index (χ4n) is 2.23. The molecule has 0 saturated carbocycles. The second kappa shape index (κ2) is 6.42. The molecule has 1 amide bonds. The molecule has 0 atom stereocenters. The van der Waals surface area contributed by atoms with Crippen LogP contribution in [0.25, 0.3) is 5.65 Å². The number of nitrogens with one attached hydrogen (secondary N) is 1. The van der Waals surface area contributed by atoms with Crippen LogP contribution in [0, 0.1) is 0 Å². The van der Waals surface area contributed by atoms with Crippen molar-refractivity contribution in [3.8, 4) is 5.75 Å². The van der Waals surface area contributed by atoms with E-state index in [2.05, 4.69) is 15.5 Å². The average molecular weight is 350 g/mol. The molecule has 0 spiro atoms. The number of aromatic nitrogens is 3. The van der Waals surface area contributed by atoms with Gasteiger partial charge in [-0.2, -0.15) is 13.2 Å². The summed E-state index contributed by atoms with van der Waals surface area (Å²) in [6.45, 7) is -0.0622. The molecule has 9 heteroatoms. The van der Waals surface area contributed by atoms with E-state index in [9.17, 15) is 18.0 Å². The third-order valence-corrected chi connectivity index (χ3v) is 3.56. The Morgan fingerprint density at radius 3 is 2.52 bits per heavy atom. The average Bonchev–Trinajstić information content (AvgIpc) is 3.01. The summed E-state index contributed by atoms with van der Waals surface area (Å²) in [6, 6.07) is 8.60. The number of ether oxygens (including phenoxy) is 1. The summed E-state index contributed by atoms with van der Waals surface area (Å²) in [5, 5.41) is 10.2. The van der Waals surface area contributed by atoms with Crippen LogP contribution in [0.15, 0.2) is 42.6 Å². The van der Waals surface area contributed by atoms with Gasteiger partial charge in [-0.1, -0.05) is 0 Å². The molecular formula is C16H13F3N4O2. The molecule has 25 heavy (non-hydrogen) atoms. The van der Waals surface area contributed by atoms with Crippen molar-refractivity contribution in [2.24, 2.45) is 0 Å². The first-order valence-corrected chi connectivity index (χ1v) is 7.21. The molecule has 0 fully saturated rings. The van der Waals surface area contributed by atoms with E-state index >= 15 is 0 Å². The Bertz CT molecular complexity index is 904. The van der Waals surface area contributed by atoms with Crippen LogP contribution < -0.4 is 10.1 Å². The van der Waals surface area contributed by atoms with Crippen molar-refractivity contribution < 1.29 is 22.7 Å². The van der Waals surface area contributed by atoms with Gasteiger partial charge >= 0.3 is 6.18 Å². The van der Waals surface area contributed by atoms with E-state index in [-0.39, 0.29) is 23.9 Å². The number of carbonyl (C=O) groups excluding carboxylic acids is 1. The highest BCUT2D eigenvalue weighted by molar-refractivity contribution is 5.94. The molecule has 0 aliphatic heterocycles. The van der Waals surface area contributed by atoms with Crippen LogP contribution in [0.1, 0.15) is 21.7 Å². The zero-order chi connectivity index (χ0) is 18.0. The van der Waals surface area contributed by atoms with Crippen molar-refractivity contribution in [1.29, 1.82) is 0 Å². The summed E-state index contributed by atoms with van der Waals surface area (Å²) < 4.78 is 44.7. The van der Waals surface area contributed by atoms with E-state index in [4.69, 9.17) is 4.74 Å². The van der Waals surface area contributed by atoms with Crippen molar-refractivity contribution in [3.63, 3.8) is 0 Å². The minimum absolute atomic E-state index is 0.0622. The third-order valence-electron chi connectivity index (χ3n) is 3.56. The quantitative estimate of drug-likeness (QED) is 0.786. The van der Waals surface area contributed by atoms with Crippen molar-refractivity contribution in [1.82, 2.24) is 19.9 Å². The number of amides is 1. The van der Waals surface area contributed by atoms with Crippen LogP contribution in [0.2, 0.25) is 0 Å². The summed E-state index contributed by atoms with van der Waals surface area (Å²) >= 11 is 0. The summed E-state index contributed by atoms with van der Waals surface area (Å²) in [5.41, 5.74) is -0.158. The van der Waals surface area contributed by atoms with Crippen molar-refractivity contribution in [2.75, 3.05) is 7.11 Å². The summed E-state index contributed by atoms with van der Waals surface area (Å²) in [6.07, 6.45) is -3.56. The van der Waals surface area contributed by atoms with Gasteiger partial charge in [0.25, 0.3) is 5.91 Å². The smallest absolute Gasteiger partial charge is 0.417 e. The van der Waals surface area contributed by atoms with Crippen LogP contribution >= 0.6 is 0 Å². The third kappa shape index (κ3) is 3.54. The lowest BCUT2D eigenvalue weighted by molar-refractivity contribution is -0.137. The predicted molar refractivity (Wildman–Crippen MR) is 82.2 cm³/mol. The minimum atomic E-state index is -4.47. The van der Waals surface area contributed by atoms with E-state index in [1.807, 2.05) is 0 Å². The molecular weight excluding hydrogens is 337 g/mol. The zero-order valence-corrected chi connectivity index (χ0v) is 13.0. The van der Waals surface area contributed by atoms with E-state index < -0.39 is 11.7 Å². The molecule has 3 aromatic rings. The molecule has 0 unspecified atom stereocenters. The number of rotatable bonds is 4. The Kier molecular flexibility index (Phi) is 4.30. The second-order valence-electron chi connectivity index (χ2n) is 5.17. The zero-order valence-electron chi connectivity index (χ0n) is 13.0. The Balaban J connectivity index is 1.77. The van der Waals surface area contributed by atoms with Gasteiger partial charge < -0.3 is 10.1 Å². The Morgan fingerprint density at radius 2 is 1.88 bits per heavy atom. The normalized spacial score (nSPS) is 11.5. The minimum Gasteiger partial charge on any atom is -0.497 e. The van der Waals surface area contributed by atoms with E-state index in [1.54, 1.807) is 24.3 Å². The first kappa shape index (κ1) is 16.7. The molecule has 2 heterocycles. The largest absolute Gasteiger partial charge is 0.497 e. The molecule has 0 saturated heterocycles. The first-order valence-electron chi connectivity index (χ1n) is 7.21. The molecule has 130 valence electrons. The van der Waals surface area contributed by atoms with Crippen LogP contribution in [0.5, 0.6) is 5.75 Å². The number of nitrogens with zero attached hydrogens (tertiary/aromatic N) is 3. The molecule has 1 N–H and O–H groups in total. The van der Waals surface area contributed by atoms with Crippen LogP contribution in [-0.4, -0.2) is 27.6 Å². The summed E-state index contributed by atoms with van der Waals surface area (Å²) in [4.78, 5) is 12.1. The van der Waals surface area contributed by atoms with Gasteiger partial charge in [-0.25, -0.2) is 0 Å². The number of halogens is 3. The molecule has 3 rings (SSSR count). The highest BCUT2D eigenvalue weighted by atomic mass is 19.4. The van der Waals surface area contributed by atoms with Crippen LogP contribution in [0.3, 0.4) is 0 Å². The van der Waals surface area contributed by atoms with Gasteiger partial charge in [0, 0.05) is 11.8 Å². The highest BCUT2D eigenvalue weighted by Gasteiger charge is 2.31. The van der Waals surface area contributed by atoms with Gasteiger partial charge in [0.2, 0.25) is 0 Å². The Hall–Kier alpha value is -3.10. The van der Waals surface area contributed by atoms with Crippen molar-refractivity contribution in [2.45, 2.75) is 12.7 Å². The van der Waals surface area contributed by atoms with E-state index in [1.165, 1.54) is 17.6 Å². The van der Waals surface area contributed by atoms with Crippen molar-refractivity contribution >= 4 is 11.6 Å². The number of methoxy groups -OCH3 is 1. The molecule has 0 aliphatic rings. The molecule has 0 bridgehead atoms. The molecule has 0 aliphatic carbocycles. The van der Waals surface area contributed by atoms with Crippen LogP contribution in [0.4, 0.5) is 13.2 Å². The SMILES string of the molecule is COc1ccc(C(=O)NCc2nnc3ccc(C(F)(F)F)cn23)cc1. The molecule has 2 aromatic heterocycles. The number of alkyl halides is 3. The number of hydrogen-bond donors (Lipinski definition) is 1. The van der Waals surface area contributed by atoms with Gasteiger partial charge in [0.1, 0.15) is 5.75 Å². The summed E-state index contributed by atoms with van der Waals surface area (Å²) in [7, 11) is 1.51. The molecule has 1 aromatic carbocycles. The van der Waals surface area contributed by atoms with E-state index in [0.29, 0.717) is 11.3 Å². The van der Waals surface area contributed by atoms with Gasteiger partial charge in [0.15, 0.2) is 11.5 Å². The molecule has 6 nitrogen and oxygen atoms in total. The monoisotopic (exact) mass is 350 g/mol. The van der Waals surface area contributed by atoms with Gasteiger partial charge in [-0.3, -0.25) is 9.20 Å². The lowest BCUT2D eigenvalue weighted by atomic mass is 10.2. The van der Waals surface area contributed by atoms with Gasteiger partial charge in [-0.05, 0) is 36.4 Å². The van der Waals surface area contributed by atoms with Gasteiger partial charge in [0.05, 0.1) is 19.2 Å². The molecule has 0 radical (unpaired) electrons. The number of fused-ring (bicyclic) bond motifs is 1. The van der Waals surface area contributed by atoms with Crippen molar-refractivity contribution in [3.05, 3.63) is 59.5 Å². The standard InChI is InChI=1S/C16H13F3N4O2/c1-25-12-5-2-10(3-6-12)15(24)20-8-14-22-21-13-7-4-11(9-23(13)14)16(17,18)19/h2-7,9H,8H2,1H3,(H,20,24). The predicted octanol–water partition coefficient (Wildman–Crippen LogP) is 2.69.